The third-order valence-corrected chi connectivity index (χ3v) is 8.42. The summed E-state index contributed by atoms with van der Waals surface area (Å²) in [5, 5.41) is 3.52. The van der Waals surface area contributed by atoms with Crippen LogP contribution in [0.2, 0.25) is 5.02 Å². The Kier molecular flexibility index (Phi) is 10.9. The van der Waals surface area contributed by atoms with Crippen molar-refractivity contribution >= 4 is 29.4 Å². The van der Waals surface area contributed by atoms with Crippen molar-refractivity contribution in [1.29, 1.82) is 0 Å². The molecule has 1 amide bonds. The predicted octanol–water partition coefficient (Wildman–Crippen LogP) is 5.52. The van der Waals surface area contributed by atoms with Crippen LogP contribution in [0.3, 0.4) is 0 Å². The van der Waals surface area contributed by atoms with Gasteiger partial charge >= 0.3 is 11.9 Å². The number of nitrogens with one attached hydrogen (secondary N) is 1. The highest BCUT2D eigenvalue weighted by Gasteiger charge is 2.39. The molecule has 4 atom stereocenters. The van der Waals surface area contributed by atoms with Crippen LogP contribution in [0.1, 0.15) is 74.8 Å². The normalized spacial score (nSPS) is 23.5. The van der Waals surface area contributed by atoms with Crippen molar-refractivity contribution in [2.45, 2.75) is 77.4 Å². The lowest BCUT2D eigenvalue weighted by Crippen LogP contribution is -2.44. The molecule has 222 valence electrons. The molecule has 1 aromatic carbocycles. The van der Waals surface area contributed by atoms with Gasteiger partial charge < -0.3 is 24.3 Å². The Bertz CT molecular complexity index is 1200. The third-order valence-electron chi connectivity index (χ3n) is 8.17. The largest absolute Gasteiger partial charge is 0.493 e. The number of halogens is 1. The second-order valence-electron chi connectivity index (χ2n) is 10.9. The third kappa shape index (κ3) is 8.12. The molecule has 4 unspecified atom stereocenters. The van der Waals surface area contributed by atoms with Crippen molar-refractivity contribution in [3.8, 4) is 11.5 Å². The molecule has 1 saturated heterocycles. The molecule has 2 aromatic rings. The van der Waals surface area contributed by atoms with Gasteiger partial charge in [-0.3, -0.25) is 9.59 Å². The van der Waals surface area contributed by atoms with Gasteiger partial charge in [0.25, 0.3) is 5.91 Å². The van der Waals surface area contributed by atoms with E-state index in [1.165, 1.54) is 44.7 Å². The number of aromatic nitrogens is 1. The number of ether oxygens (including phenoxy) is 4. The van der Waals surface area contributed by atoms with Crippen molar-refractivity contribution in [1.82, 2.24) is 10.3 Å². The Balaban J connectivity index is 1.52. The van der Waals surface area contributed by atoms with Crippen molar-refractivity contribution in [3.63, 3.8) is 0 Å². The summed E-state index contributed by atoms with van der Waals surface area (Å²) in [5.74, 6) is -0.279. The number of cyclic esters (lactones) is 1. The minimum atomic E-state index is -0.849. The van der Waals surface area contributed by atoms with Gasteiger partial charge in [0.2, 0.25) is 6.79 Å². The van der Waals surface area contributed by atoms with Gasteiger partial charge in [0, 0.05) is 30.1 Å². The monoisotopic (exact) mass is 586 g/mol. The van der Waals surface area contributed by atoms with E-state index >= 15 is 0 Å². The molecule has 4 rings (SSSR count). The SMILES string of the molecule is COc1ccnc(C(=O)NC2CCCC(Cc3ccc(Cl)cc3)C(C3CCCC3)C(C)OC2=O)c1OCOC(C)=O. The van der Waals surface area contributed by atoms with Gasteiger partial charge in [-0.1, -0.05) is 55.8 Å². The average molecular weight is 587 g/mol. The maximum atomic E-state index is 13.4. The van der Waals surface area contributed by atoms with Gasteiger partial charge in [0.15, 0.2) is 17.2 Å². The number of carbonyl (C=O) groups excluding carboxylic acids is 3. The molecule has 1 N–H and O–H groups in total. The van der Waals surface area contributed by atoms with Crippen molar-refractivity contribution in [2.75, 3.05) is 13.9 Å². The molecule has 2 heterocycles. The lowest BCUT2D eigenvalue weighted by molar-refractivity contribution is -0.155. The number of rotatable bonds is 9. The van der Waals surface area contributed by atoms with Crippen molar-refractivity contribution in [3.05, 3.63) is 52.8 Å². The van der Waals surface area contributed by atoms with E-state index < -0.39 is 30.7 Å². The van der Waals surface area contributed by atoms with Crippen LogP contribution in [0.5, 0.6) is 11.5 Å². The number of benzene rings is 1. The lowest BCUT2D eigenvalue weighted by atomic mass is 9.73. The summed E-state index contributed by atoms with van der Waals surface area (Å²) in [6.45, 7) is 2.82. The Morgan fingerprint density at radius 3 is 2.49 bits per heavy atom. The number of hydrogen-bond donors (Lipinski definition) is 1. The van der Waals surface area contributed by atoms with Crippen LogP contribution >= 0.6 is 11.6 Å². The summed E-state index contributed by atoms with van der Waals surface area (Å²) in [7, 11) is 1.42. The van der Waals surface area contributed by atoms with Gasteiger partial charge in [-0.2, -0.15) is 0 Å². The molecule has 2 aliphatic rings. The van der Waals surface area contributed by atoms with E-state index in [1.807, 2.05) is 19.1 Å². The summed E-state index contributed by atoms with van der Waals surface area (Å²) in [5.41, 5.74) is 1.14. The summed E-state index contributed by atoms with van der Waals surface area (Å²) in [6, 6.07) is 8.66. The van der Waals surface area contributed by atoms with Gasteiger partial charge in [0.05, 0.1) is 7.11 Å². The highest BCUT2D eigenvalue weighted by molar-refractivity contribution is 6.30. The standard InChI is InChI=1S/C31H39ClN2O7/c1-19-27(22-7-4-5-8-22)23(17-21-11-13-24(32)14-12-21)9-6-10-25(31(37)41-19)34-30(36)28-29(40-18-39-20(2)35)26(38-3)15-16-33-28/h11-16,19,22-23,25,27H,4-10,17-18H2,1-3H3,(H,34,36). The van der Waals surface area contributed by atoms with Crippen LogP contribution in [-0.4, -0.2) is 48.9 Å². The average Bonchev–Trinajstić information content (AvgIpc) is 3.48. The zero-order chi connectivity index (χ0) is 29.4. The van der Waals surface area contributed by atoms with E-state index in [9.17, 15) is 14.4 Å². The summed E-state index contributed by atoms with van der Waals surface area (Å²) < 4.78 is 21.8. The van der Waals surface area contributed by atoms with Crippen molar-refractivity contribution < 1.29 is 33.3 Å². The number of carbonyl (C=O) groups is 3. The Labute approximate surface area is 246 Å². The second-order valence-corrected chi connectivity index (χ2v) is 11.3. The van der Waals surface area contributed by atoms with Crippen LogP contribution in [-0.2, 0) is 25.5 Å². The number of pyridine rings is 1. The van der Waals surface area contributed by atoms with Gasteiger partial charge in [-0.05, 0) is 55.7 Å². The highest BCUT2D eigenvalue weighted by Crippen LogP contribution is 2.42. The van der Waals surface area contributed by atoms with Crippen LogP contribution in [0.15, 0.2) is 36.5 Å². The van der Waals surface area contributed by atoms with E-state index in [4.69, 9.17) is 30.5 Å². The van der Waals surface area contributed by atoms with E-state index in [1.54, 1.807) is 0 Å². The molecule has 1 aromatic heterocycles. The molecule has 2 fully saturated rings. The van der Waals surface area contributed by atoms with E-state index in [2.05, 4.69) is 22.4 Å². The minimum Gasteiger partial charge on any atom is -0.493 e. The number of methoxy groups -OCH3 is 1. The van der Waals surface area contributed by atoms with E-state index in [-0.39, 0.29) is 29.2 Å². The minimum absolute atomic E-state index is 0.0166. The first-order valence-corrected chi connectivity index (χ1v) is 14.7. The van der Waals surface area contributed by atoms with Crippen LogP contribution in [0, 0.1) is 17.8 Å². The maximum absolute atomic E-state index is 13.4. The van der Waals surface area contributed by atoms with E-state index in [0.29, 0.717) is 23.3 Å². The first-order valence-electron chi connectivity index (χ1n) is 14.3. The van der Waals surface area contributed by atoms with Crippen LogP contribution in [0.25, 0.3) is 0 Å². The molecule has 1 aliphatic carbocycles. The predicted molar refractivity (Wildman–Crippen MR) is 153 cm³/mol. The number of amides is 1. The fourth-order valence-electron chi connectivity index (χ4n) is 6.32. The molecule has 41 heavy (non-hydrogen) atoms. The topological polar surface area (TPSA) is 113 Å². The number of nitrogens with zero attached hydrogens (tertiary/aromatic N) is 1. The van der Waals surface area contributed by atoms with Gasteiger partial charge in [0.1, 0.15) is 12.1 Å². The van der Waals surface area contributed by atoms with Crippen LogP contribution < -0.4 is 14.8 Å². The summed E-state index contributed by atoms with van der Waals surface area (Å²) >= 11 is 6.13. The van der Waals surface area contributed by atoms with Gasteiger partial charge in [-0.25, -0.2) is 9.78 Å². The second kappa shape index (κ2) is 14.5. The molecular weight excluding hydrogens is 548 g/mol. The van der Waals surface area contributed by atoms with E-state index in [0.717, 1.165) is 32.1 Å². The van der Waals surface area contributed by atoms with Crippen LogP contribution in [0.4, 0.5) is 0 Å². The molecule has 0 spiro atoms. The molecule has 0 bridgehead atoms. The molecule has 1 saturated carbocycles. The fraction of sp³-hybridized carbons (Fsp3) is 0.548. The zero-order valence-corrected chi connectivity index (χ0v) is 24.7. The van der Waals surface area contributed by atoms with Gasteiger partial charge in [-0.15, -0.1) is 0 Å². The number of esters is 2. The Hall–Kier alpha value is -3.33. The zero-order valence-electron chi connectivity index (χ0n) is 23.9. The smallest absolute Gasteiger partial charge is 0.328 e. The number of hydrogen-bond acceptors (Lipinski definition) is 8. The summed E-state index contributed by atoms with van der Waals surface area (Å²) in [4.78, 5) is 42.2. The Morgan fingerprint density at radius 2 is 1.80 bits per heavy atom. The summed E-state index contributed by atoms with van der Waals surface area (Å²) in [6.07, 6.45) is 8.76. The Morgan fingerprint density at radius 1 is 1.07 bits per heavy atom. The molecule has 10 heteroatoms. The lowest BCUT2D eigenvalue weighted by Gasteiger charge is -2.35. The first kappa shape index (κ1) is 30.6. The maximum Gasteiger partial charge on any atom is 0.328 e. The molecule has 1 aliphatic heterocycles. The highest BCUT2D eigenvalue weighted by atomic mass is 35.5. The molecule has 9 nitrogen and oxygen atoms in total. The first-order chi connectivity index (χ1) is 19.8. The fourth-order valence-corrected chi connectivity index (χ4v) is 6.44. The molecule has 0 radical (unpaired) electrons. The molecular formula is C31H39ClN2O7. The quantitative estimate of drug-likeness (QED) is 0.302. The van der Waals surface area contributed by atoms with Crippen molar-refractivity contribution in [2.24, 2.45) is 17.8 Å².